The number of β-amino-alcohol motifs (C(OH)–C–C–N with tert-alkyl or cyclic N) is 1. The van der Waals surface area contributed by atoms with Gasteiger partial charge in [0.1, 0.15) is 30.0 Å². The number of likely N-dealkylation sites (tertiary alicyclic amines) is 1. The highest BCUT2D eigenvalue weighted by molar-refractivity contribution is 7.13. The minimum Gasteiger partial charge on any atom is -0.494 e. The van der Waals surface area contributed by atoms with Crippen LogP contribution in [0.25, 0.3) is 10.4 Å². The number of aromatic nitrogens is 1. The number of carboxylic acid groups (broad SMARTS) is 1. The molecule has 2 unspecified atom stereocenters. The fourth-order valence-electron chi connectivity index (χ4n) is 6.19. The van der Waals surface area contributed by atoms with E-state index in [4.69, 9.17) is 14.6 Å². The molecule has 304 valence electrons. The molecule has 4 N–H and O–H groups in total. The standard InChI is InChI=1S/C41H55N5O9S/c1-26-34(56-25-43-26)28-13-11-27(12-14-28)22-42-36(49)32-21-30(47)23-46(32)37(50)35(40(2,3)4)44-33(48)24-45(39(53)55-41(5,6)7)19-9-8-10-20-54-31-17-15-29(16-18-31)38(51)52/h11-18,25,30,32,35,47H,8-10,19-24H2,1-7H3,(H,42,49)(H,44,48)(H,51,52)/t30-,32?,35?/m1/s1. The number of nitrogens with zero attached hydrogens (tertiary/aromatic N) is 3. The molecule has 1 fully saturated rings. The number of carbonyl (C=O) groups excluding carboxylic acids is 4. The molecule has 0 aliphatic carbocycles. The highest BCUT2D eigenvalue weighted by Crippen LogP contribution is 2.28. The first-order valence-electron chi connectivity index (χ1n) is 18.8. The third-order valence-electron chi connectivity index (χ3n) is 9.14. The molecular formula is C41H55N5O9S. The number of carboxylic acids is 1. The van der Waals surface area contributed by atoms with Crippen LogP contribution in [0.5, 0.6) is 5.75 Å². The molecule has 0 spiro atoms. The zero-order chi connectivity index (χ0) is 41.2. The highest BCUT2D eigenvalue weighted by atomic mass is 32.1. The Morgan fingerprint density at radius 3 is 2.25 bits per heavy atom. The van der Waals surface area contributed by atoms with Crippen LogP contribution in [-0.2, 0) is 25.7 Å². The number of unbranched alkanes of at least 4 members (excludes halogenated alkanes) is 2. The van der Waals surface area contributed by atoms with Crippen molar-refractivity contribution >= 4 is 41.1 Å². The molecule has 1 aliphatic rings. The first-order chi connectivity index (χ1) is 26.3. The summed E-state index contributed by atoms with van der Waals surface area (Å²) in [6.45, 7) is 12.9. The summed E-state index contributed by atoms with van der Waals surface area (Å²) in [6.07, 6.45) is 0.308. The van der Waals surface area contributed by atoms with E-state index in [-0.39, 0.29) is 38.2 Å². The minimum atomic E-state index is -1.07. The summed E-state index contributed by atoms with van der Waals surface area (Å²) in [6, 6.07) is 11.9. The van der Waals surface area contributed by atoms with Gasteiger partial charge in [0.25, 0.3) is 0 Å². The molecule has 4 amide bonds. The van der Waals surface area contributed by atoms with Crippen molar-refractivity contribution in [2.45, 2.75) is 104 Å². The average Bonchev–Trinajstić information content (AvgIpc) is 3.74. The quantitative estimate of drug-likeness (QED) is 0.137. The Morgan fingerprint density at radius 2 is 1.66 bits per heavy atom. The molecule has 0 radical (unpaired) electrons. The fraction of sp³-hybridized carbons (Fsp3) is 0.512. The van der Waals surface area contributed by atoms with Crippen molar-refractivity contribution < 1.29 is 43.7 Å². The van der Waals surface area contributed by atoms with Crippen molar-refractivity contribution in [2.75, 3.05) is 26.2 Å². The minimum absolute atomic E-state index is 0.0560. The maximum Gasteiger partial charge on any atom is 0.410 e. The van der Waals surface area contributed by atoms with Gasteiger partial charge in [-0.05, 0) is 87.8 Å². The molecule has 3 atom stereocenters. The fourth-order valence-corrected chi connectivity index (χ4v) is 7.00. The first-order valence-corrected chi connectivity index (χ1v) is 19.7. The maximum atomic E-state index is 14.1. The van der Waals surface area contributed by atoms with E-state index in [9.17, 15) is 29.1 Å². The van der Waals surface area contributed by atoms with E-state index in [0.717, 1.165) is 21.7 Å². The zero-order valence-corrected chi connectivity index (χ0v) is 34.1. The molecule has 1 aromatic heterocycles. The molecule has 1 aliphatic heterocycles. The van der Waals surface area contributed by atoms with Gasteiger partial charge < -0.3 is 35.2 Å². The summed E-state index contributed by atoms with van der Waals surface area (Å²) in [5.41, 5.74) is 3.22. The van der Waals surface area contributed by atoms with Crippen LogP contribution >= 0.6 is 11.3 Å². The number of nitrogens with one attached hydrogen (secondary N) is 2. The zero-order valence-electron chi connectivity index (χ0n) is 33.3. The summed E-state index contributed by atoms with van der Waals surface area (Å²) in [7, 11) is 0. The summed E-state index contributed by atoms with van der Waals surface area (Å²) < 4.78 is 11.3. The number of thiazole rings is 1. The number of aliphatic hydroxyl groups excluding tert-OH is 1. The Morgan fingerprint density at radius 1 is 0.982 bits per heavy atom. The van der Waals surface area contributed by atoms with Crippen LogP contribution in [0.4, 0.5) is 4.79 Å². The predicted octanol–water partition coefficient (Wildman–Crippen LogP) is 5.41. The number of aryl methyl sites for hydroxylation is 1. The Kier molecular flexibility index (Phi) is 15.0. The van der Waals surface area contributed by atoms with Crippen molar-refractivity contribution in [1.82, 2.24) is 25.4 Å². The SMILES string of the molecule is Cc1ncsc1-c1ccc(CNC(=O)C2C[C@@H](O)CN2C(=O)C(NC(=O)CN(CCCCCOc2ccc(C(=O)O)cc2)C(=O)OC(C)(C)C)C(C)(C)C)cc1. The van der Waals surface area contributed by atoms with Gasteiger partial charge >= 0.3 is 12.1 Å². The van der Waals surface area contributed by atoms with Crippen LogP contribution in [0.15, 0.2) is 54.0 Å². The van der Waals surface area contributed by atoms with E-state index in [1.54, 1.807) is 70.5 Å². The van der Waals surface area contributed by atoms with Gasteiger partial charge in [-0.15, -0.1) is 11.3 Å². The molecule has 15 heteroatoms. The van der Waals surface area contributed by atoms with E-state index in [1.807, 2.05) is 31.2 Å². The number of hydrogen-bond acceptors (Lipinski definition) is 10. The lowest BCUT2D eigenvalue weighted by molar-refractivity contribution is -0.144. The second-order valence-corrected chi connectivity index (χ2v) is 16.9. The van der Waals surface area contributed by atoms with Gasteiger partial charge in [0.2, 0.25) is 17.7 Å². The van der Waals surface area contributed by atoms with Crippen LogP contribution in [0.1, 0.15) is 88.8 Å². The van der Waals surface area contributed by atoms with Gasteiger partial charge in [-0.3, -0.25) is 19.3 Å². The molecule has 2 heterocycles. The van der Waals surface area contributed by atoms with Crippen molar-refractivity contribution in [3.05, 3.63) is 70.9 Å². The van der Waals surface area contributed by atoms with Gasteiger partial charge in [-0.2, -0.15) is 0 Å². The summed E-state index contributed by atoms with van der Waals surface area (Å²) in [4.78, 5) is 73.5. The summed E-state index contributed by atoms with van der Waals surface area (Å²) in [5, 5.41) is 25.4. The molecule has 0 saturated carbocycles. The van der Waals surface area contributed by atoms with Crippen molar-refractivity contribution in [3.63, 3.8) is 0 Å². The van der Waals surface area contributed by atoms with Crippen LogP contribution in [0.3, 0.4) is 0 Å². The molecule has 2 aromatic carbocycles. The van der Waals surface area contributed by atoms with Crippen LogP contribution in [0.2, 0.25) is 0 Å². The predicted molar refractivity (Wildman–Crippen MR) is 212 cm³/mol. The molecular weight excluding hydrogens is 739 g/mol. The normalized spacial score (nSPS) is 16.2. The first kappa shape index (κ1) is 43.7. The van der Waals surface area contributed by atoms with Crippen molar-refractivity contribution in [1.29, 1.82) is 0 Å². The van der Waals surface area contributed by atoms with Gasteiger partial charge in [0, 0.05) is 26.1 Å². The van der Waals surface area contributed by atoms with Gasteiger partial charge in [-0.25, -0.2) is 14.6 Å². The maximum absolute atomic E-state index is 14.1. The van der Waals surface area contributed by atoms with Crippen LogP contribution < -0.4 is 15.4 Å². The monoisotopic (exact) mass is 793 g/mol. The second-order valence-electron chi connectivity index (χ2n) is 16.1. The van der Waals surface area contributed by atoms with E-state index in [2.05, 4.69) is 15.6 Å². The number of hydrogen-bond donors (Lipinski definition) is 4. The number of aromatic carboxylic acids is 1. The molecule has 1 saturated heterocycles. The number of ether oxygens (including phenoxy) is 2. The van der Waals surface area contributed by atoms with E-state index < -0.39 is 59.0 Å². The van der Waals surface area contributed by atoms with Crippen LogP contribution in [-0.4, -0.2) is 105 Å². The number of rotatable bonds is 16. The van der Waals surface area contributed by atoms with Gasteiger partial charge in [0.15, 0.2) is 0 Å². The Balaban J connectivity index is 1.35. The highest BCUT2D eigenvalue weighted by Gasteiger charge is 2.44. The lowest BCUT2D eigenvalue weighted by atomic mass is 9.85. The Hall–Kier alpha value is -5.02. The van der Waals surface area contributed by atoms with E-state index >= 15 is 0 Å². The lowest BCUT2D eigenvalue weighted by Crippen LogP contribution is -2.59. The summed E-state index contributed by atoms with van der Waals surface area (Å²) >= 11 is 1.56. The van der Waals surface area contributed by atoms with Gasteiger partial charge in [-0.1, -0.05) is 45.0 Å². The molecule has 3 aromatic rings. The van der Waals surface area contributed by atoms with Gasteiger partial charge in [0.05, 0.1) is 34.4 Å². The second kappa shape index (κ2) is 19.2. The van der Waals surface area contributed by atoms with E-state index in [0.29, 0.717) is 31.6 Å². The number of carbonyl (C=O) groups is 5. The Bertz CT molecular complexity index is 1820. The van der Waals surface area contributed by atoms with E-state index in [1.165, 1.54) is 21.9 Å². The third-order valence-corrected chi connectivity index (χ3v) is 10.1. The number of amides is 4. The molecule has 4 rings (SSSR count). The molecule has 56 heavy (non-hydrogen) atoms. The van der Waals surface area contributed by atoms with Crippen molar-refractivity contribution in [2.24, 2.45) is 5.41 Å². The third kappa shape index (κ3) is 12.8. The smallest absolute Gasteiger partial charge is 0.410 e. The molecule has 0 bridgehead atoms. The lowest BCUT2D eigenvalue weighted by Gasteiger charge is -2.36. The van der Waals surface area contributed by atoms with Crippen LogP contribution in [0, 0.1) is 12.3 Å². The molecule has 14 nitrogen and oxygen atoms in total. The van der Waals surface area contributed by atoms with Crippen molar-refractivity contribution in [3.8, 4) is 16.2 Å². The number of aliphatic hydroxyl groups is 1. The summed E-state index contributed by atoms with van der Waals surface area (Å²) in [5.74, 6) is -1.96. The average molecular weight is 794 g/mol. The largest absolute Gasteiger partial charge is 0.494 e. The Labute approximate surface area is 332 Å². The number of benzene rings is 2. The topological polar surface area (TPSA) is 188 Å².